The number of carbonyl (C=O) groups excluding carboxylic acids is 1. The normalized spacial score (nSPS) is 19.7. The van der Waals surface area contributed by atoms with Gasteiger partial charge in [0, 0.05) is 13.1 Å². The van der Waals surface area contributed by atoms with Gasteiger partial charge in [-0.25, -0.2) is 13.1 Å². The standard InChI is InChI=1S/C15H18N4O3S/c1-11-14(16-17-19(11)12-6-4-3-5-7-12)15(20)18(2)13-8-9-23(21,22)10-13/h3-7,13H,8-10H2,1-2H3/t13-/m0/s1. The Morgan fingerprint density at radius 3 is 2.61 bits per heavy atom. The fourth-order valence-electron chi connectivity index (χ4n) is 2.75. The van der Waals surface area contributed by atoms with Crippen molar-refractivity contribution in [1.82, 2.24) is 19.9 Å². The van der Waals surface area contributed by atoms with E-state index in [-0.39, 0.29) is 29.1 Å². The van der Waals surface area contributed by atoms with Crippen LogP contribution in [0.5, 0.6) is 0 Å². The van der Waals surface area contributed by atoms with E-state index in [4.69, 9.17) is 0 Å². The number of aromatic nitrogens is 3. The summed E-state index contributed by atoms with van der Waals surface area (Å²) in [5, 5.41) is 8.04. The predicted molar refractivity (Wildman–Crippen MR) is 85.2 cm³/mol. The lowest BCUT2D eigenvalue weighted by molar-refractivity contribution is 0.0741. The predicted octanol–water partition coefficient (Wildman–Crippen LogP) is 0.835. The molecule has 2 aromatic rings. The second kappa shape index (κ2) is 5.77. The first-order valence-corrected chi connectivity index (χ1v) is 9.16. The molecule has 1 fully saturated rings. The molecule has 0 spiro atoms. The van der Waals surface area contributed by atoms with Gasteiger partial charge in [0.05, 0.1) is 22.9 Å². The van der Waals surface area contributed by atoms with Gasteiger partial charge in [-0.15, -0.1) is 5.10 Å². The zero-order valence-electron chi connectivity index (χ0n) is 13.0. The largest absolute Gasteiger partial charge is 0.336 e. The number of amides is 1. The summed E-state index contributed by atoms with van der Waals surface area (Å²) in [6.07, 6.45) is 0.469. The van der Waals surface area contributed by atoms with Gasteiger partial charge in [0.15, 0.2) is 15.5 Å². The quantitative estimate of drug-likeness (QED) is 0.830. The van der Waals surface area contributed by atoms with Crippen molar-refractivity contribution in [2.24, 2.45) is 0 Å². The van der Waals surface area contributed by atoms with E-state index in [1.165, 1.54) is 4.90 Å². The third kappa shape index (κ3) is 2.98. The number of nitrogens with zero attached hydrogens (tertiary/aromatic N) is 4. The highest BCUT2D eigenvalue weighted by Gasteiger charge is 2.34. The number of hydrogen-bond acceptors (Lipinski definition) is 5. The van der Waals surface area contributed by atoms with E-state index in [1.807, 2.05) is 30.3 Å². The lowest BCUT2D eigenvalue weighted by Gasteiger charge is -2.22. The van der Waals surface area contributed by atoms with Crippen molar-refractivity contribution in [3.63, 3.8) is 0 Å². The summed E-state index contributed by atoms with van der Waals surface area (Å²) < 4.78 is 24.8. The van der Waals surface area contributed by atoms with Crippen LogP contribution < -0.4 is 0 Å². The molecule has 3 rings (SSSR count). The maximum absolute atomic E-state index is 12.6. The first kappa shape index (κ1) is 15.7. The Bertz CT molecular complexity index is 830. The van der Waals surface area contributed by atoms with Crippen LogP contribution in [0, 0.1) is 6.92 Å². The third-order valence-electron chi connectivity index (χ3n) is 4.17. The van der Waals surface area contributed by atoms with E-state index in [9.17, 15) is 13.2 Å². The molecule has 122 valence electrons. The van der Waals surface area contributed by atoms with Crippen molar-refractivity contribution in [3.05, 3.63) is 41.7 Å². The van der Waals surface area contributed by atoms with E-state index in [2.05, 4.69) is 10.3 Å². The molecule has 0 saturated carbocycles. The van der Waals surface area contributed by atoms with Crippen molar-refractivity contribution >= 4 is 15.7 Å². The first-order chi connectivity index (χ1) is 10.9. The molecular formula is C15H18N4O3S. The summed E-state index contributed by atoms with van der Waals surface area (Å²) in [7, 11) is -1.42. The summed E-state index contributed by atoms with van der Waals surface area (Å²) in [6.45, 7) is 1.78. The van der Waals surface area contributed by atoms with Gasteiger partial charge in [-0.05, 0) is 25.5 Å². The topological polar surface area (TPSA) is 85.2 Å². The molecule has 0 N–H and O–H groups in total. The molecule has 2 heterocycles. The van der Waals surface area contributed by atoms with Crippen LogP contribution in [-0.2, 0) is 9.84 Å². The minimum absolute atomic E-state index is 0.0150. The molecule has 0 radical (unpaired) electrons. The van der Waals surface area contributed by atoms with E-state index >= 15 is 0 Å². The molecule has 0 bridgehead atoms. The summed E-state index contributed by atoms with van der Waals surface area (Å²) in [5.41, 5.74) is 1.71. The Balaban J connectivity index is 1.85. The minimum Gasteiger partial charge on any atom is -0.336 e. The van der Waals surface area contributed by atoms with Crippen molar-refractivity contribution in [2.45, 2.75) is 19.4 Å². The zero-order chi connectivity index (χ0) is 16.6. The Morgan fingerprint density at radius 2 is 2.00 bits per heavy atom. The maximum Gasteiger partial charge on any atom is 0.276 e. The third-order valence-corrected chi connectivity index (χ3v) is 5.92. The van der Waals surface area contributed by atoms with Gasteiger partial charge in [0.1, 0.15) is 0 Å². The molecular weight excluding hydrogens is 316 g/mol. The van der Waals surface area contributed by atoms with Crippen molar-refractivity contribution in [1.29, 1.82) is 0 Å². The molecule has 0 unspecified atom stereocenters. The molecule has 1 aromatic heterocycles. The molecule has 1 aliphatic heterocycles. The SMILES string of the molecule is Cc1c(C(=O)N(C)[C@H]2CCS(=O)(=O)C2)nnn1-c1ccccc1. The molecule has 23 heavy (non-hydrogen) atoms. The molecule has 0 aliphatic carbocycles. The summed E-state index contributed by atoms with van der Waals surface area (Å²) in [6, 6.07) is 9.12. The van der Waals surface area contributed by atoms with Gasteiger partial charge in [-0.2, -0.15) is 0 Å². The van der Waals surface area contributed by atoms with Crippen molar-refractivity contribution in [2.75, 3.05) is 18.6 Å². The van der Waals surface area contributed by atoms with E-state index in [0.717, 1.165) is 5.69 Å². The average molecular weight is 334 g/mol. The smallest absolute Gasteiger partial charge is 0.276 e. The Kier molecular flexibility index (Phi) is 3.93. The van der Waals surface area contributed by atoms with Crippen LogP contribution in [0.15, 0.2) is 30.3 Å². The fraction of sp³-hybridized carbons (Fsp3) is 0.400. The van der Waals surface area contributed by atoms with Crippen LogP contribution in [0.4, 0.5) is 0 Å². The van der Waals surface area contributed by atoms with Crippen LogP contribution >= 0.6 is 0 Å². The molecule has 1 aliphatic rings. The Morgan fingerprint density at radius 1 is 1.30 bits per heavy atom. The second-order valence-corrected chi connectivity index (χ2v) is 7.97. The maximum atomic E-state index is 12.6. The van der Waals surface area contributed by atoms with Gasteiger partial charge >= 0.3 is 0 Å². The number of benzene rings is 1. The van der Waals surface area contributed by atoms with Crippen molar-refractivity contribution in [3.8, 4) is 5.69 Å². The van der Waals surface area contributed by atoms with Crippen LogP contribution in [0.25, 0.3) is 5.69 Å². The van der Waals surface area contributed by atoms with E-state index < -0.39 is 9.84 Å². The molecule has 1 saturated heterocycles. The van der Waals surface area contributed by atoms with Crippen LogP contribution in [0.1, 0.15) is 22.6 Å². The second-order valence-electron chi connectivity index (χ2n) is 5.74. The van der Waals surface area contributed by atoms with Crippen LogP contribution in [0.3, 0.4) is 0 Å². The number of carbonyl (C=O) groups is 1. The molecule has 1 amide bonds. The summed E-state index contributed by atoms with van der Waals surface area (Å²) in [4.78, 5) is 14.1. The monoisotopic (exact) mass is 334 g/mol. The fourth-order valence-corrected chi connectivity index (χ4v) is 4.53. The van der Waals surface area contributed by atoms with Gasteiger partial charge < -0.3 is 4.90 Å². The van der Waals surface area contributed by atoms with Crippen LogP contribution in [0.2, 0.25) is 0 Å². The van der Waals surface area contributed by atoms with Crippen molar-refractivity contribution < 1.29 is 13.2 Å². The minimum atomic E-state index is -3.04. The highest BCUT2D eigenvalue weighted by atomic mass is 32.2. The van der Waals surface area contributed by atoms with Crippen LogP contribution in [-0.4, -0.2) is 58.8 Å². The van der Waals surface area contributed by atoms with Gasteiger partial charge in [-0.1, -0.05) is 23.4 Å². The molecule has 7 nitrogen and oxygen atoms in total. The number of rotatable bonds is 3. The molecule has 1 atom stereocenters. The van der Waals surface area contributed by atoms with E-state index in [1.54, 1.807) is 18.7 Å². The molecule has 8 heteroatoms. The lowest BCUT2D eigenvalue weighted by Crippen LogP contribution is -2.38. The van der Waals surface area contributed by atoms with Gasteiger partial charge in [0.25, 0.3) is 5.91 Å². The van der Waals surface area contributed by atoms with Gasteiger partial charge in [-0.3, -0.25) is 4.79 Å². The summed E-state index contributed by atoms with van der Waals surface area (Å²) >= 11 is 0. The number of para-hydroxylation sites is 1. The number of sulfone groups is 1. The lowest BCUT2D eigenvalue weighted by atomic mass is 10.2. The first-order valence-electron chi connectivity index (χ1n) is 7.34. The highest BCUT2D eigenvalue weighted by molar-refractivity contribution is 7.91. The summed E-state index contributed by atoms with van der Waals surface area (Å²) in [5.74, 6) is -0.154. The van der Waals surface area contributed by atoms with E-state index in [0.29, 0.717) is 12.1 Å². The molecule has 1 aromatic carbocycles. The average Bonchev–Trinajstić information content (AvgIpc) is 3.09. The Hall–Kier alpha value is -2.22. The number of hydrogen-bond donors (Lipinski definition) is 0. The Labute approximate surface area is 134 Å². The van der Waals surface area contributed by atoms with Gasteiger partial charge in [0.2, 0.25) is 0 Å². The highest BCUT2D eigenvalue weighted by Crippen LogP contribution is 2.19. The zero-order valence-corrected chi connectivity index (χ0v) is 13.8.